The number of aromatic nitrogens is 5. The minimum absolute atomic E-state index is 0.0677. The van der Waals surface area contributed by atoms with Crippen LogP contribution >= 0.6 is 0 Å². The lowest BCUT2D eigenvalue weighted by molar-refractivity contribution is -0.131. The van der Waals surface area contributed by atoms with Gasteiger partial charge in [-0.2, -0.15) is 5.10 Å². The Morgan fingerprint density at radius 1 is 1.16 bits per heavy atom. The summed E-state index contributed by atoms with van der Waals surface area (Å²) in [5.74, 6) is 6.33. The van der Waals surface area contributed by atoms with Crippen LogP contribution in [0.4, 0.5) is 0 Å². The van der Waals surface area contributed by atoms with E-state index in [1.165, 1.54) is 6.08 Å². The average Bonchev–Trinajstić information content (AvgIpc) is 2.98. The molecule has 0 atom stereocenters. The van der Waals surface area contributed by atoms with E-state index in [0.29, 0.717) is 24.6 Å². The molecule has 1 amide bonds. The maximum Gasteiger partial charge on any atom is 0.246 e. The maximum atomic E-state index is 11.6. The van der Waals surface area contributed by atoms with Crippen molar-refractivity contribution in [1.82, 2.24) is 29.6 Å². The molecule has 0 radical (unpaired) electrons. The van der Waals surface area contributed by atoms with Crippen molar-refractivity contribution in [1.29, 1.82) is 0 Å². The molecule has 7 heteroatoms. The van der Waals surface area contributed by atoms with Crippen molar-refractivity contribution >= 4 is 16.9 Å². The fourth-order valence-electron chi connectivity index (χ4n) is 2.72. The van der Waals surface area contributed by atoms with Crippen LogP contribution in [-0.2, 0) is 4.79 Å². The number of fused-ring (bicyclic) bond motifs is 1. The van der Waals surface area contributed by atoms with E-state index in [9.17, 15) is 4.79 Å². The monoisotopic (exact) mass is 330 g/mol. The molecule has 1 saturated heterocycles. The van der Waals surface area contributed by atoms with Crippen molar-refractivity contribution in [3.63, 3.8) is 0 Å². The Hall–Kier alpha value is -3.53. The number of hydrogen-bond acceptors (Lipinski definition) is 5. The highest BCUT2D eigenvalue weighted by atomic mass is 16.2. The van der Waals surface area contributed by atoms with Gasteiger partial charge in [0.15, 0.2) is 5.65 Å². The number of carbonyl (C=O) groups excluding carboxylic acids is 1. The number of nitrogens with zero attached hydrogens (tertiary/aromatic N) is 6. The van der Waals surface area contributed by atoms with Crippen molar-refractivity contribution in [2.45, 2.75) is 6.04 Å². The van der Waals surface area contributed by atoms with Crippen LogP contribution in [0.3, 0.4) is 0 Å². The Bertz CT molecular complexity index is 1010. The molecule has 0 spiro atoms. The first kappa shape index (κ1) is 15.0. The molecule has 25 heavy (non-hydrogen) atoms. The summed E-state index contributed by atoms with van der Waals surface area (Å²) in [5, 5.41) is 5.48. The fourth-order valence-corrected chi connectivity index (χ4v) is 2.72. The topological polar surface area (TPSA) is 76.8 Å². The summed E-state index contributed by atoms with van der Waals surface area (Å²) in [7, 11) is 0. The Kier molecular flexibility index (Phi) is 3.71. The Labute approximate surface area is 144 Å². The van der Waals surface area contributed by atoms with Gasteiger partial charge in [-0.05, 0) is 36.1 Å². The molecule has 0 aromatic carbocycles. The zero-order chi connectivity index (χ0) is 17.2. The second-order valence-electron chi connectivity index (χ2n) is 5.59. The Balaban J connectivity index is 1.67. The zero-order valence-electron chi connectivity index (χ0n) is 13.3. The highest BCUT2D eigenvalue weighted by molar-refractivity contribution is 5.88. The molecule has 0 saturated carbocycles. The lowest BCUT2D eigenvalue weighted by Gasteiger charge is -2.38. The van der Waals surface area contributed by atoms with Gasteiger partial charge in [-0.15, -0.1) is 0 Å². The van der Waals surface area contributed by atoms with Gasteiger partial charge in [0, 0.05) is 31.7 Å². The van der Waals surface area contributed by atoms with Gasteiger partial charge in [-0.25, -0.2) is 19.6 Å². The molecular formula is C18H14N6O. The van der Waals surface area contributed by atoms with Crippen molar-refractivity contribution in [3.05, 3.63) is 61.0 Å². The van der Waals surface area contributed by atoms with E-state index >= 15 is 0 Å². The lowest BCUT2D eigenvalue weighted by atomic mass is 10.1. The molecule has 122 valence electrons. The normalized spacial score (nSPS) is 13.8. The van der Waals surface area contributed by atoms with Gasteiger partial charge >= 0.3 is 0 Å². The second kappa shape index (κ2) is 6.17. The van der Waals surface area contributed by atoms with Crippen LogP contribution < -0.4 is 0 Å². The van der Waals surface area contributed by atoms with Crippen molar-refractivity contribution in [2.24, 2.45) is 0 Å². The molecule has 1 aliphatic heterocycles. The molecule has 3 aromatic heterocycles. The third-order valence-corrected chi connectivity index (χ3v) is 4.02. The molecule has 0 unspecified atom stereocenters. The minimum atomic E-state index is -0.0677. The standard InChI is InChI=1S/C18H14N6O/c1-2-17(25)23-11-13(12-23)24-18-14(5-3-8-21-18)15(22-24)6-7-16-19-9-4-10-20-16/h2-5,8-10,13H,1,11-12H2. The van der Waals surface area contributed by atoms with E-state index < -0.39 is 0 Å². The van der Waals surface area contributed by atoms with Gasteiger partial charge in [0.25, 0.3) is 0 Å². The number of likely N-dealkylation sites (tertiary alicyclic amines) is 1. The average molecular weight is 330 g/mol. The molecular weight excluding hydrogens is 316 g/mol. The quantitative estimate of drug-likeness (QED) is 0.521. The molecule has 4 rings (SSSR count). The van der Waals surface area contributed by atoms with E-state index in [1.54, 1.807) is 29.6 Å². The van der Waals surface area contributed by atoms with Crippen LogP contribution in [0, 0.1) is 11.8 Å². The van der Waals surface area contributed by atoms with Crippen LogP contribution in [0.1, 0.15) is 17.6 Å². The summed E-state index contributed by atoms with van der Waals surface area (Å²) < 4.78 is 1.85. The summed E-state index contributed by atoms with van der Waals surface area (Å²) >= 11 is 0. The predicted molar refractivity (Wildman–Crippen MR) is 91.4 cm³/mol. The summed E-state index contributed by atoms with van der Waals surface area (Å²) in [6.45, 7) is 4.69. The van der Waals surface area contributed by atoms with Gasteiger partial charge in [0.1, 0.15) is 5.69 Å². The number of hydrogen-bond donors (Lipinski definition) is 0. The summed E-state index contributed by atoms with van der Waals surface area (Å²) in [6, 6.07) is 5.62. The molecule has 1 fully saturated rings. The minimum Gasteiger partial charge on any atom is -0.335 e. The van der Waals surface area contributed by atoms with Crippen LogP contribution in [-0.4, -0.2) is 48.6 Å². The molecule has 3 aromatic rings. The van der Waals surface area contributed by atoms with Crippen molar-refractivity contribution in [2.75, 3.05) is 13.1 Å². The molecule has 0 N–H and O–H groups in total. The highest BCUT2D eigenvalue weighted by Gasteiger charge is 2.32. The first-order valence-corrected chi connectivity index (χ1v) is 7.80. The smallest absolute Gasteiger partial charge is 0.246 e. The van der Waals surface area contributed by atoms with Gasteiger partial charge in [-0.1, -0.05) is 6.58 Å². The molecule has 7 nitrogen and oxygen atoms in total. The summed E-state index contributed by atoms with van der Waals surface area (Å²) in [6.07, 6.45) is 6.35. The number of amides is 1. The highest BCUT2D eigenvalue weighted by Crippen LogP contribution is 2.26. The Morgan fingerprint density at radius 2 is 1.92 bits per heavy atom. The second-order valence-corrected chi connectivity index (χ2v) is 5.59. The fraction of sp³-hybridized carbons (Fsp3) is 0.167. The summed E-state index contributed by atoms with van der Waals surface area (Å²) in [5.41, 5.74) is 1.39. The van der Waals surface area contributed by atoms with E-state index in [2.05, 4.69) is 38.5 Å². The molecule has 0 aliphatic carbocycles. The summed E-state index contributed by atoms with van der Waals surface area (Å²) in [4.78, 5) is 26.0. The van der Waals surface area contributed by atoms with Gasteiger partial charge in [0.05, 0.1) is 11.4 Å². The first-order chi connectivity index (χ1) is 12.3. The van der Waals surface area contributed by atoms with Crippen LogP contribution in [0.15, 0.2) is 49.4 Å². The van der Waals surface area contributed by atoms with Gasteiger partial charge < -0.3 is 4.90 Å². The lowest BCUT2D eigenvalue weighted by Crippen LogP contribution is -2.50. The Morgan fingerprint density at radius 3 is 2.68 bits per heavy atom. The number of pyridine rings is 1. The largest absolute Gasteiger partial charge is 0.335 e. The van der Waals surface area contributed by atoms with E-state index in [1.807, 2.05) is 16.8 Å². The van der Waals surface area contributed by atoms with Crippen molar-refractivity contribution in [3.8, 4) is 11.8 Å². The molecule has 0 bridgehead atoms. The van der Waals surface area contributed by atoms with Gasteiger partial charge in [-0.3, -0.25) is 4.79 Å². The maximum absolute atomic E-state index is 11.6. The first-order valence-electron chi connectivity index (χ1n) is 7.80. The van der Waals surface area contributed by atoms with Crippen LogP contribution in [0.5, 0.6) is 0 Å². The number of rotatable bonds is 2. The third-order valence-electron chi connectivity index (χ3n) is 4.02. The van der Waals surface area contributed by atoms with E-state index in [4.69, 9.17) is 0 Å². The zero-order valence-corrected chi connectivity index (χ0v) is 13.3. The predicted octanol–water partition coefficient (Wildman–Crippen LogP) is 1.19. The van der Waals surface area contributed by atoms with Crippen LogP contribution in [0.25, 0.3) is 11.0 Å². The number of carbonyl (C=O) groups is 1. The molecule has 1 aliphatic rings. The van der Waals surface area contributed by atoms with E-state index in [-0.39, 0.29) is 11.9 Å². The third kappa shape index (κ3) is 2.74. The molecule has 4 heterocycles. The van der Waals surface area contributed by atoms with Crippen LogP contribution in [0.2, 0.25) is 0 Å². The van der Waals surface area contributed by atoms with E-state index in [0.717, 1.165) is 11.0 Å². The SMILES string of the molecule is C=CC(=O)N1CC(n2nc(C#Cc3ncccn3)c3cccnc32)C1. The van der Waals surface area contributed by atoms with Crippen molar-refractivity contribution < 1.29 is 4.79 Å². The van der Waals surface area contributed by atoms with Gasteiger partial charge in [0.2, 0.25) is 11.7 Å².